The summed E-state index contributed by atoms with van der Waals surface area (Å²) in [6.07, 6.45) is 3.79. The number of fused-ring (bicyclic) bond motifs is 1. The average Bonchev–Trinajstić information content (AvgIpc) is 3.11. The van der Waals surface area contributed by atoms with Gasteiger partial charge in [0, 0.05) is 36.0 Å². The van der Waals surface area contributed by atoms with Crippen molar-refractivity contribution >= 4 is 33.5 Å². The normalized spacial score (nSPS) is 15.6. The Morgan fingerprint density at radius 2 is 1.72 bits per heavy atom. The highest BCUT2D eigenvalue weighted by Crippen LogP contribution is 2.40. The first-order valence-electron chi connectivity index (χ1n) is 10.6. The van der Waals surface area contributed by atoms with E-state index < -0.39 is 0 Å². The molecule has 156 valence electrons. The van der Waals surface area contributed by atoms with Crippen molar-refractivity contribution in [3.05, 3.63) is 112 Å². The van der Waals surface area contributed by atoms with Crippen molar-refractivity contribution < 1.29 is 9.21 Å². The monoisotopic (exact) mass is 420 g/mol. The van der Waals surface area contributed by atoms with Gasteiger partial charge >= 0.3 is 0 Å². The predicted molar refractivity (Wildman–Crippen MR) is 125 cm³/mol. The Hall–Kier alpha value is -4.12. The Labute approximate surface area is 183 Å². The van der Waals surface area contributed by atoms with Crippen molar-refractivity contribution in [2.75, 3.05) is 5.32 Å². The predicted octanol–water partition coefficient (Wildman–Crippen LogP) is 5.27. The van der Waals surface area contributed by atoms with Gasteiger partial charge in [-0.1, -0.05) is 48.5 Å². The first-order chi connectivity index (χ1) is 15.7. The first-order valence-corrected chi connectivity index (χ1v) is 10.6. The zero-order chi connectivity index (χ0) is 21.7. The first kappa shape index (κ1) is 18.6. The second kappa shape index (κ2) is 7.24. The highest BCUT2D eigenvalue weighted by atomic mass is 16.3. The number of nitrogens with one attached hydrogen (secondary N) is 1. The van der Waals surface area contributed by atoms with Gasteiger partial charge in [-0.2, -0.15) is 0 Å². The molecular weight excluding hydrogens is 400 g/mol. The van der Waals surface area contributed by atoms with Crippen LogP contribution in [0, 0.1) is 0 Å². The van der Waals surface area contributed by atoms with Crippen molar-refractivity contribution in [3.8, 4) is 0 Å². The molecular formula is C27H20N2O3. The summed E-state index contributed by atoms with van der Waals surface area (Å²) < 4.78 is 7.99. The van der Waals surface area contributed by atoms with E-state index in [-0.39, 0.29) is 23.7 Å². The molecule has 5 heteroatoms. The Morgan fingerprint density at radius 1 is 0.906 bits per heavy atom. The summed E-state index contributed by atoms with van der Waals surface area (Å²) in [5.41, 5.74) is 4.92. The van der Waals surface area contributed by atoms with Crippen LogP contribution in [0.4, 0.5) is 5.69 Å². The van der Waals surface area contributed by atoms with Crippen LogP contribution < -0.4 is 10.7 Å². The maximum absolute atomic E-state index is 13.4. The summed E-state index contributed by atoms with van der Waals surface area (Å²) >= 11 is 0. The van der Waals surface area contributed by atoms with E-state index in [0.29, 0.717) is 23.1 Å². The van der Waals surface area contributed by atoms with Crippen LogP contribution in [-0.2, 0) is 11.3 Å². The fourth-order valence-corrected chi connectivity index (χ4v) is 4.77. The molecule has 2 aromatic heterocycles. The number of para-hydroxylation sites is 1. The summed E-state index contributed by atoms with van der Waals surface area (Å²) in [7, 11) is 0. The molecule has 32 heavy (non-hydrogen) atoms. The number of carbonyl (C=O) groups excluding carboxylic acids is 1. The van der Waals surface area contributed by atoms with Gasteiger partial charge in [-0.25, -0.2) is 0 Å². The highest BCUT2D eigenvalue weighted by Gasteiger charge is 2.30. The highest BCUT2D eigenvalue weighted by molar-refractivity contribution is 6.06. The van der Waals surface area contributed by atoms with Gasteiger partial charge in [0.2, 0.25) is 5.91 Å². The van der Waals surface area contributed by atoms with Crippen LogP contribution in [0.15, 0.2) is 94.5 Å². The minimum Gasteiger partial charge on any atom is -0.464 e. The smallest absolute Gasteiger partial charge is 0.225 e. The Morgan fingerprint density at radius 3 is 2.59 bits per heavy atom. The molecule has 6 rings (SSSR count). The van der Waals surface area contributed by atoms with Gasteiger partial charge in [-0.05, 0) is 35.4 Å². The number of anilines is 1. The molecule has 1 atom stereocenters. The van der Waals surface area contributed by atoms with E-state index in [1.165, 1.54) is 11.8 Å². The van der Waals surface area contributed by atoms with Crippen molar-refractivity contribution in [1.29, 1.82) is 0 Å². The Kier molecular flexibility index (Phi) is 4.21. The fraction of sp³-hybridized carbons (Fsp3) is 0.111. The largest absolute Gasteiger partial charge is 0.464 e. The van der Waals surface area contributed by atoms with E-state index >= 15 is 0 Å². The number of aromatic nitrogens is 1. The van der Waals surface area contributed by atoms with Gasteiger partial charge in [-0.3, -0.25) is 9.59 Å². The molecule has 0 unspecified atom stereocenters. The average molecular weight is 420 g/mol. The summed E-state index contributed by atoms with van der Waals surface area (Å²) in [4.78, 5) is 26.2. The molecule has 0 aliphatic carbocycles. The summed E-state index contributed by atoms with van der Waals surface area (Å²) in [6.45, 7) is 0.702. The number of nitrogens with zero attached hydrogens (tertiary/aromatic N) is 1. The number of hydrogen-bond donors (Lipinski definition) is 1. The zero-order valence-corrected chi connectivity index (χ0v) is 17.2. The van der Waals surface area contributed by atoms with Crippen molar-refractivity contribution in [3.63, 3.8) is 0 Å². The molecule has 3 heterocycles. The number of carbonyl (C=O) groups is 1. The second-order valence-corrected chi connectivity index (χ2v) is 8.22. The molecule has 3 aromatic carbocycles. The van der Waals surface area contributed by atoms with Crippen molar-refractivity contribution in [2.24, 2.45) is 0 Å². The van der Waals surface area contributed by atoms with Crippen LogP contribution in [0.1, 0.15) is 29.0 Å². The maximum atomic E-state index is 13.4. The zero-order valence-electron chi connectivity index (χ0n) is 17.2. The number of hydrogen-bond acceptors (Lipinski definition) is 3. The van der Waals surface area contributed by atoms with E-state index in [4.69, 9.17) is 4.42 Å². The number of rotatable bonds is 3. The summed E-state index contributed by atoms with van der Waals surface area (Å²) in [6, 6.07) is 23.4. The van der Waals surface area contributed by atoms with Gasteiger partial charge in [0.25, 0.3) is 0 Å². The van der Waals surface area contributed by atoms with Crippen molar-refractivity contribution in [2.45, 2.75) is 18.9 Å². The van der Waals surface area contributed by atoms with Crippen molar-refractivity contribution in [1.82, 2.24) is 4.57 Å². The molecule has 1 amide bonds. The fourth-order valence-electron chi connectivity index (χ4n) is 4.77. The molecule has 5 aromatic rings. The molecule has 1 aliphatic heterocycles. The van der Waals surface area contributed by atoms with E-state index in [2.05, 4.69) is 34.3 Å². The quantitative estimate of drug-likeness (QED) is 0.432. The van der Waals surface area contributed by atoms with Gasteiger partial charge < -0.3 is 14.3 Å². The standard InChI is InChI=1S/C27H20N2O3/c30-25-13-19(21-16-32-24-12-5-4-9-18(24)27(21)31)20-15-29(14-17-7-2-1-3-8-17)23-11-6-10-22(28-25)26(20)23/h1-12,15-16,19H,13-14H2,(H,28,30)/t19-/m1/s1. The molecule has 0 bridgehead atoms. The third kappa shape index (κ3) is 2.94. The third-order valence-corrected chi connectivity index (χ3v) is 6.25. The van der Waals surface area contributed by atoms with Gasteiger partial charge in [0.05, 0.1) is 22.9 Å². The minimum atomic E-state index is -0.390. The lowest BCUT2D eigenvalue weighted by Gasteiger charge is -2.13. The summed E-state index contributed by atoms with van der Waals surface area (Å²) in [5.74, 6) is -0.500. The third-order valence-electron chi connectivity index (χ3n) is 6.25. The van der Waals surface area contributed by atoms with Crippen LogP contribution >= 0.6 is 0 Å². The molecule has 0 spiro atoms. The van der Waals surface area contributed by atoms with Gasteiger partial charge in [0.15, 0.2) is 5.43 Å². The van der Waals surface area contributed by atoms with E-state index in [9.17, 15) is 9.59 Å². The molecule has 5 nitrogen and oxygen atoms in total. The molecule has 0 saturated heterocycles. The lowest BCUT2D eigenvalue weighted by atomic mass is 9.89. The van der Waals surface area contributed by atoms with Crippen LogP contribution in [0.5, 0.6) is 0 Å². The van der Waals surface area contributed by atoms with Crippen LogP contribution in [-0.4, -0.2) is 10.5 Å². The molecule has 0 fully saturated rings. The topological polar surface area (TPSA) is 64.2 Å². The Balaban J connectivity index is 1.58. The van der Waals surface area contributed by atoms with Gasteiger partial charge in [0.1, 0.15) is 5.58 Å². The lowest BCUT2D eigenvalue weighted by molar-refractivity contribution is -0.116. The van der Waals surface area contributed by atoms with E-state index in [1.54, 1.807) is 12.1 Å². The molecule has 0 saturated carbocycles. The number of amides is 1. The summed E-state index contributed by atoms with van der Waals surface area (Å²) in [5, 5.41) is 4.54. The number of benzene rings is 3. The minimum absolute atomic E-state index is 0.0898. The molecule has 0 radical (unpaired) electrons. The molecule has 1 aliphatic rings. The van der Waals surface area contributed by atoms with E-state index in [0.717, 1.165) is 22.2 Å². The lowest BCUT2D eigenvalue weighted by Crippen LogP contribution is -2.19. The SMILES string of the molecule is O=C1C[C@@H](c2coc3ccccc3c2=O)c2cn(Cc3ccccc3)c3cccc(c23)N1. The maximum Gasteiger partial charge on any atom is 0.225 e. The second-order valence-electron chi connectivity index (χ2n) is 8.22. The van der Waals surface area contributed by atoms with E-state index in [1.807, 2.05) is 42.5 Å². The Bertz CT molecular complexity index is 1550. The molecule has 1 N–H and O–H groups in total. The van der Waals surface area contributed by atoms with Crippen LogP contribution in [0.2, 0.25) is 0 Å². The van der Waals surface area contributed by atoms with Crippen LogP contribution in [0.3, 0.4) is 0 Å². The van der Waals surface area contributed by atoms with Crippen LogP contribution in [0.25, 0.3) is 21.9 Å². The van der Waals surface area contributed by atoms with Gasteiger partial charge in [-0.15, -0.1) is 0 Å².